The van der Waals surface area contributed by atoms with Gasteiger partial charge in [-0.15, -0.1) is 0 Å². The molecule has 1 amide bonds. The number of hydrogen-bond donors (Lipinski definition) is 1. The van der Waals surface area contributed by atoms with Crippen LogP contribution >= 0.6 is 0 Å². The minimum atomic E-state index is -3.37. The van der Waals surface area contributed by atoms with Gasteiger partial charge in [-0.05, 0) is 36.2 Å². The van der Waals surface area contributed by atoms with E-state index in [1.54, 1.807) is 0 Å². The average molecular weight is 339 g/mol. The molecule has 2 aliphatic rings. The van der Waals surface area contributed by atoms with Crippen molar-refractivity contribution in [3.05, 3.63) is 35.9 Å². The van der Waals surface area contributed by atoms with Crippen LogP contribution < -0.4 is 5.32 Å². The van der Waals surface area contributed by atoms with Crippen LogP contribution in [0.25, 0.3) is 0 Å². The predicted molar refractivity (Wildman–Crippen MR) is 84.1 cm³/mol. The zero-order chi connectivity index (χ0) is 16.4. The maximum absolute atomic E-state index is 11.8. The summed E-state index contributed by atoms with van der Waals surface area (Å²) in [4.78, 5) is 11.8. The molecule has 126 valence electrons. The van der Waals surface area contributed by atoms with Crippen molar-refractivity contribution in [1.29, 1.82) is 0 Å². The molecule has 0 radical (unpaired) electrons. The number of rotatable bonds is 6. The van der Waals surface area contributed by atoms with E-state index in [1.165, 1.54) is 0 Å². The molecule has 2 unspecified atom stereocenters. The first-order chi connectivity index (χ1) is 10.9. The zero-order valence-corrected chi connectivity index (χ0v) is 13.8. The summed E-state index contributed by atoms with van der Waals surface area (Å²) in [6.45, 7) is 0.510. The van der Waals surface area contributed by atoms with E-state index in [0.717, 1.165) is 24.7 Å². The topological polar surface area (TPSA) is 81.7 Å². The van der Waals surface area contributed by atoms with Crippen molar-refractivity contribution >= 4 is 16.2 Å². The minimum absolute atomic E-state index is 0.160. The van der Waals surface area contributed by atoms with Crippen molar-refractivity contribution in [3.8, 4) is 0 Å². The minimum Gasteiger partial charge on any atom is -0.445 e. The van der Waals surface area contributed by atoms with Gasteiger partial charge in [0.25, 0.3) is 10.1 Å². The normalized spacial score (nSPS) is 28.9. The van der Waals surface area contributed by atoms with Crippen LogP contribution in [0.4, 0.5) is 4.79 Å². The fraction of sp³-hybridized carbons (Fsp3) is 0.562. The van der Waals surface area contributed by atoms with Crippen LogP contribution in [0, 0.1) is 17.8 Å². The molecule has 0 spiro atoms. The van der Waals surface area contributed by atoms with Gasteiger partial charge in [0.05, 0.1) is 12.9 Å². The number of nitrogens with one attached hydrogen (secondary N) is 1. The van der Waals surface area contributed by atoms with E-state index in [4.69, 9.17) is 8.92 Å². The van der Waals surface area contributed by atoms with E-state index < -0.39 is 16.2 Å². The molecule has 0 aromatic heterocycles. The Kier molecular flexibility index (Phi) is 4.59. The molecule has 1 N–H and O–H groups in total. The van der Waals surface area contributed by atoms with Crippen LogP contribution in [-0.2, 0) is 25.6 Å². The number of ether oxygens (including phenoxy) is 1. The van der Waals surface area contributed by atoms with Gasteiger partial charge in [-0.2, -0.15) is 8.42 Å². The summed E-state index contributed by atoms with van der Waals surface area (Å²) >= 11 is 0. The van der Waals surface area contributed by atoms with Crippen LogP contribution in [0.3, 0.4) is 0 Å². The van der Waals surface area contributed by atoms with E-state index in [-0.39, 0.29) is 25.2 Å². The Balaban J connectivity index is 1.35. The number of fused-ring (bicyclic) bond motifs is 1. The summed E-state index contributed by atoms with van der Waals surface area (Å²) in [5.74, 6) is 1.11. The van der Waals surface area contributed by atoms with Gasteiger partial charge in [-0.3, -0.25) is 4.18 Å². The van der Waals surface area contributed by atoms with Crippen LogP contribution in [0.15, 0.2) is 30.3 Å². The van der Waals surface area contributed by atoms with Crippen LogP contribution in [0.1, 0.15) is 18.4 Å². The van der Waals surface area contributed by atoms with E-state index in [2.05, 4.69) is 5.32 Å². The Bertz CT molecular complexity index is 648. The summed E-state index contributed by atoms with van der Waals surface area (Å²) in [5, 5.41) is 2.90. The highest BCUT2D eigenvalue weighted by atomic mass is 32.2. The Morgan fingerprint density at radius 1 is 1.22 bits per heavy atom. The molecule has 3 rings (SSSR count). The van der Waals surface area contributed by atoms with Crippen molar-refractivity contribution in [2.75, 3.05) is 12.9 Å². The van der Waals surface area contributed by atoms with E-state index in [9.17, 15) is 13.2 Å². The molecule has 0 heterocycles. The highest BCUT2D eigenvalue weighted by molar-refractivity contribution is 7.85. The Labute approximate surface area is 136 Å². The highest BCUT2D eigenvalue weighted by Gasteiger charge is 2.56. The molecule has 23 heavy (non-hydrogen) atoms. The van der Waals surface area contributed by atoms with Crippen molar-refractivity contribution in [2.45, 2.75) is 25.5 Å². The van der Waals surface area contributed by atoms with Gasteiger partial charge in [0.2, 0.25) is 0 Å². The lowest BCUT2D eigenvalue weighted by Gasteiger charge is -2.14. The Hall–Kier alpha value is -1.60. The molecule has 6 nitrogen and oxygen atoms in total. The lowest BCUT2D eigenvalue weighted by atomic mass is 10.0. The van der Waals surface area contributed by atoms with Gasteiger partial charge in [-0.25, -0.2) is 4.79 Å². The first-order valence-corrected chi connectivity index (χ1v) is 9.55. The largest absolute Gasteiger partial charge is 0.445 e. The van der Waals surface area contributed by atoms with E-state index >= 15 is 0 Å². The fourth-order valence-electron chi connectivity index (χ4n) is 3.42. The van der Waals surface area contributed by atoms with Gasteiger partial charge in [0, 0.05) is 6.04 Å². The third-order valence-corrected chi connectivity index (χ3v) is 5.12. The molecule has 1 aromatic carbocycles. The molecule has 0 aliphatic heterocycles. The molecular formula is C16H21NO5S. The third-order valence-electron chi connectivity index (χ3n) is 4.56. The van der Waals surface area contributed by atoms with Crippen LogP contribution in [0.5, 0.6) is 0 Å². The molecule has 7 heteroatoms. The second-order valence-corrected chi connectivity index (χ2v) is 8.03. The lowest BCUT2D eigenvalue weighted by molar-refractivity contribution is 0.137. The fourth-order valence-corrected chi connectivity index (χ4v) is 3.86. The zero-order valence-electron chi connectivity index (χ0n) is 13.0. The first-order valence-electron chi connectivity index (χ1n) is 7.74. The standard InChI is InChI=1S/C16H21NO5S/c1-23(19,20)22-10-12-7-13-14(8-12)15(13)17-16(18)21-9-11-5-3-2-4-6-11/h2-6,12-15H,7-10H2,1H3,(H,17,18). The van der Waals surface area contributed by atoms with E-state index in [0.29, 0.717) is 11.8 Å². The first kappa shape index (κ1) is 16.3. The summed E-state index contributed by atoms with van der Waals surface area (Å²) in [5.41, 5.74) is 0.955. The van der Waals surface area contributed by atoms with Crippen LogP contribution in [-0.4, -0.2) is 33.4 Å². The molecule has 0 saturated heterocycles. The number of carbonyl (C=O) groups is 1. The molecule has 1 aromatic rings. The summed E-state index contributed by atoms with van der Waals surface area (Å²) in [6, 6.07) is 9.70. The smallest absolute Gasteiger partial charge is 0.407 e. The SMILES string of the molecule is CS(=O)(=O)OCC1CC2C(C1)C2NC(=O)OCc1ccccc1. The van der Waals surface area contributed by atoms with Crippen molar-refractivity contribution in [2.24, 2.45) is 17.8 Å². The van der Waals surface area contributed by atoms with Crippen molar-refractivity contribution in [3.63, 3.8) is 0 Å². The van der Waals surface area contributed by atoms with Crippen molar-refractivity contribution in [1.82, 2.24) is 5.32 Å². The molecule has 2 aliphatic carbocycles. The Morgan fingerprint density at radius 2 is 1.87 bits per heavy atom. The monoisotopic (exact) mass is 339 g/mol. The molecule has 0 bridgehead atoms. The maximum Gasteiger partial charge on any atom is 0.407 e. The quantitative estimate of drug-likeness (QED) is 0.801. The van der Waals surface area contributed by atoms with Gasteiger partial charge >= 0.3 is 6.09 Å². The number of amides is 1. The Morgan fingerprint density at radius 3 is 2.48 bits per heavy atom. The highest BCUT2D eigenvalue weighted by Crippen LogP contribution is 2.54. The maximum atomic E-state index is 11.8. The van der Waals surface area contributed by atoms with E-state index in [1.807, 2.05) is 30.3 Å². The molecule has 2 fully saturated rings. The lowest BCUT2D eigenvalue weighted by Crippen LogP contribution is -2.30. The van der Waals surface area contributed by atoms with Gasteiger partial charge in [0.15, 0.2) is 0 Å². The average Bonchev–Trinajstić information content (AvgIpc) is 2.95. The number of hydrogen-bond acceptors (Lipinski definition) is 5. The second kappa shape index (κ2) is 6.49. The van der Waals surface area contributed by atoms with Gasteiger partial charge in [0.1, 0.15) is 6.61 Å². The summed E-state index contributed by atoms with van der Waals surface area (Å²) in [6.07, 6.45) is 2.46. The molecule has 2 atom stereocenters. The molecule has 2 saturated carbocycles. The number of carbonyl (C=O) groups excluding carboxylic acids is 1. The third kappa shape index (κ3) is 4.45. The predicted octanol–water partition coefficient (Wildman–Crippen LogP) is 1.91. The van der Waals surface area contributed by atoms with Crippen LogP contribution in [0.2, 0.25) is 0 Å². The number of alkyl carbamates (subject to hydrolysis) is 1. The van der Waals surface area contributed by atoms with Gasteiger partial charge in [-0.1, -0.05) is 30.3 Å². The number of benzene rings is 1. The summed E-state index contributed by atoms with van der Waals surface area (Å²) in [7, 11) is -3.37. The van der Waals surface area contributed by atoms with Gasteiger partial charge < -0.3 is 10.1 Å². The molecular weight excluding hydrogens is 318 g/mol. The second-order valence-electron chi connectivity index (χ2n) is 6.39. The summed E-state index contributed by atoms with van der Waals surface area (Å²) < 4.78 is 32.0. The van der Waals surface area contributed by atoms with Crippen molar-refractivity contribution < 1.29 is 22.1 Å².